The van der Waals surface area contributed by atoms with Gasteiger partial charge in [-0.1, -0.05) is 73.4 Å². The van der Waals surface area contributed by atoms with E-state index in [1.165, 1.54) is 4.31 Å². The van der Waals surface area contributed by atoms with Crippen LogP contribution in [0.1, 0.15) is 86.1 Å². The fourth-order valence-electron chi connectivity index (χ4n) is 3.70. The van der Waals surface area contributed by atoms with Gasteiger partial charge in [-0.25, -0.2) is 17.2 Å². The number of benzene rings is 1. The van der Waals surface area contributed by atoms with Crippen molar-refractivity contribution in [3.8, 4) is 0 Å². The summed E-state index contributed by atoms with van der Waals surface area (Å²) < 4.78 is 70.9. The second-order valence-corrected chi connectivity index (χ2v) is 25.8. The van der Waals surface area contributed by atoms with Gasteiger partial charge in [0.15, 0.2) is 16.6 Å². The first kappa shape index (κ1) is 38.3. The molecule has 0 aliphatic heterocycles. The molecule has 0 fully saturated rings. The molecule has 240 valence electrons. The molecular formula is C30H58F2N2O4SSi2. The summed E-state index contributed by atoms with van der Waals surface area (Å²) in [5.41, 5.74) is 6.21. The highest BCUT2D eigenvalue weighted by molar-refractivity contribution is 7.89. The molecule has 0 radical (unpaired) electrons. The van der Waals surface area contributed by atoms with Crippen LogP contribution < -0.4 is 5.73 Å². The van der Waals surface area contributed by atoms with Crippen molar-refractivity contribution >= 4 is 26.7 Å². The van der Waals surface area contributed by atoms with Crippen molar-refractivity contribution in [1.29, 1.82) is 0 Å². The summed E-state index contributed by atoms with van der Waals surface area (Å²) in [6, 6.07) is 6.05. The summed E-state index contributed by atoms with van der Waals surface area (Å²) >= 11 is 0. The standard InChI is InChI=1S/C30H58F2N2O4SSi2/c1-12-13-14-21-34(26(19-20-30(31,32)24-33)23-38-41(10,11)29(5,6)7)39(35,36)27-17-15-25(16-18-27)22-37-40(8,9)28(2,3)4/h15-18,26H,12-14,19-24,33H2,1-11H3/t26-/m0/s1. The van der Waals surface area contributed by atoms with Crippen molar-refractivity contribution in [3.63, 3.8) is 0 Å². The highest BCUT2D eigenvalue weighted by Gasteiger charge is 2.41. The van der Waals surface area contributed by atoms with Crippen LogP contribution in [-0.2, 0) is 25.5 Å². The molecule has 0 unspecified atom stereocenters. The van der Waals surface area contributed by atoms with Gasteiger partial charge in [-0.05, 0) is 66.8 Å². The van der Waals surface area contributed by atoms with Gasteiger partial charge in [-0.3, -0.25) is 0 Å². The molecule has 1 aromatic rings. The van der Waals surface area contributed by atoms with Gasteiger partial charge in [-0.15, -0.1) is 0 Å². The van der Waals surface area contributed by atoms with Gasteiger partial charge in [0.2, 0.25) is 10.0 Å². The van der Waals surface area contributed by atoms with E-state index in [-0.39, 0.29) is 34.5 Å². The smallest absolute Gasteiger partial charge is 0.260 e. The summed E-state index contributed by atoms with van der Waals surface area (Å²) in [6.45, 7) is 23.4. The summed E-state index contributed by atoms with van der Waals surface area (Å²) in [4.78, 5) is 0.146. The first-order valence-electron chi connectivity index (χ1n) is 15.0. The molecule has 1 aromatic carbocycles. The van der Waals surface area contributed by atoms with Crippen LogP contribution in [0.5, 0.6) is 0 Å². The highest BCUT2D eigenvalue weighted by Crippen LogP contribution is 2.38. The van der Waals surface area contributed by atoms with E-state index < -0.39 is 51.6 Å². The molecular weight excluding hydrogens is 579 g/mol. The number of nitrogens with two attached hydrogens (primary N) is 1. The zero-order valence-corrected chi connectivity index (χ0v) is 30.4. The third-order valence-corrected chi connectivity index (χ3v) is 19.9. The van der Waals surface area contributed by atoms with E-state index >= 15 is 0 Å². The van der Waals surface area contributed by atoms with Gasteiger partial charge < -0.3 is 14.6 Å². The van der Waals surface area contributed by atoms with Crippen LogP contribution in [0.4, 0.5) is 8.78 Å². The molecule has 1 rings (SSSR count). The van der Waals surface area contributed by atoms with Gasteiger partial charge in [0, 0.05) is 19.0 Å². The molecule has 0 aliphatic carbocycles. The Kier molecular flexibility index (Phi) is 13.9. The molecule has 0 spiro atoms. The van der Waals surface area contributed by atoms with Crippen molar-refractivity contribution in [2.45, 2.75) is 140 Å². The van der Waals surface area contributed by atoms with Crippen LogP contribution >= 0.6 is 0 Å². The minimum atomic E-state index is -3.98. The summed E-state index contributed by atoms with van der Waals surface area (Å²) in [6.07, 6.45) is 1.84. The third kappa shape index (κ3) is 11.4. The number of rotatable bonds is 17. The van der Waals surface area contributed by atoms with E-state index in [2.05, 4.69) is 67.7 Å². The van der Waals surface area contributed by atoms with Crippen molar-refractivity contribution < 1.29 is 26.1 Å². The van der Waals surface area contributed by atoms with E-state index in [0.29, 0.717) is 13.0 Å². The number of alkyl halides is 2. The number of hydrogen-bond donors (Lipinski definition) is 1. The Labute approximate surface area is 252 Å². The first-order valence-corrected chi connectivity index (χ1v) is 22.2. The Bertz CT molecular complexity index is 1040. The lowest BCUT2D eigenvalue weighted by Gasteiger charge is -2.39. The van der Waals surface area contributed by atoms with Crippen LogP contribution in [0, 0.1) is 0 Å². The topological polar surface area (TPSA) is 81.9 Å². The fourth-order valence-corrected chi connectivity index (χ4v) is 7.38. The largest absolute Gasteiger partial charge is 0.415 e. The SMILES string of the molecule is CCCCCN([C@@H](CCC(F)(F)CN)CO[Si](C)(C)C(C)(C)C)S(=O)(=O)c1ccc(CO[Si](C)(C)C(C)(C)C)cc1. The average molecular weight is 637 g/mol. The predicted molar refractivity (Wildman–Crippen MR) is 172 cm³/mol. The molecule has 0 saturated carbocycles. The Morgan fingerprint density at radius 3 is 1.88 bits per heavy atom. The van der Waals surface area contributed by atoms with Crippen LogP contribution in [0.25, 0.3) is 0 Å². The minimum Gasteiger partial charge on any atom is -0.415 e. The molecule has 0 bridgehead atoms. The molecule has 0 heterocycles. The van der Waals surface area contributed by atoms with Crippen molar-refractivity contribution in [3.05, 3.63) is 29.8 Å². The second kappa shape index (κ2) is 14.9. The Hall–Kier alpha value is -0.696. The predicted octanol–water partition coefficient (Wildman–Crippen LogP) is 8.15. The van der Waals surface area contributed by atoms with Gasteiger partial charge in [0.05, 0.1) is 24.7 Å². The zero-order chi connectivity index (χ0) is 31.9. The number of unbranched alkanes of at least 4 members (excludes halogenated alkanes) is 2. The molecule has 41 heavy (non-hydrogen) atoms. The van der Waals surface area contributed by atoms with Gasteiger partial charge >= 0.3 is 0 Å². The molecule has 0 saturated heterocycles. The maximum atomic E-state index is 14.3. The van der Waals surface area contributed by atoms with Gasteiger partial charge in [0.1, 0.15) is 0 Å². The number of hydrogen-bond acceptors (Lipinski definition) is 5. The monoisotopic (exact) mass is 636 g/mol. The van der Waals surface area contributed by atoms with Crippen molar-refractivity contribution in [1.82, 2.24) is 4.31 Å². The maximum Gasteiger partial charge on any atom is 0.260 e. The molecule has 0 aliphatic rings. The minimum absolute atomic E-state index is 0.0391. The number of sulfonamides is 1. The van der Waals surface area contributed by atoms with Crippen molar-refractivity contribution in [2.75, 3.05) is 19.7 Å². The Morgan fingerprint density at radius 1 is 0.902 bits per heavy atom. The Morgan fingerprint density at radius 2 is 1.41 bits per heavy atom. The fraction of sp³-hybridized carbons (Fsp3) is 0.800. The lowest BCUT2D eigenvalue weighted by atomic mass is 10.1. The number of nitrogens with zero attached hydrogens (tertiary/aromatic N) is 1. The third-order valence-electron chi connectivity index (χ3n) is 8.91. The molecule has 6 nitrogen and oxygen atoms in total. The van der Waals surface area contributed by atoms with E-state index in [1.54, 1.807) is 24.3 Å². The van der Waals surface area contributed by atoms with Gasteiger partial charge in [-0.2, -0.15) is 4.31 Å². The summed E-state index contributed by atoms with van der Waals surface area (Å²) in [7, 11) is -8.21. The number of halogens is 2. The van der Waals surface area contributed by atoms with Gasteiger partial charge in [0.25, 0.3) is 5.92 Å². The van der Waals surface area contributed by atoms with E-state index in [0.717, 1.165) is 18.4 Å². The second-order valence-electron chi connectivity index (χ2n) is 14.3. The highest BCUT2D eigenvalue weighted by atomic mass is 32.2. The van der Waals surface area contributed by atoms with Crippen LogP contribution in [-0.4, -0.2) is 61.0 Å². The molecule has 0 aromatic heterocycles. The zero-order valence-electron chi connectivity index (χ0n) is 27.6. The summed E-state index contributed by atoms with van der Waals surface area (Å²) in [5, 5.41) is -0.0373. The molecule has 2 N–H and O–H groups in total. The van der Waals surface area contributed by atoms with Crippen LogP contribution in [0.3, 0.4) is 0 Å². The maximum absolute atomic E-state index is 14.3. The Balaban J connectivity index is 3.37. The lowest BCUT2D eigenvalue weighted by molar-refractivity contribution is -0.00666. The van der Waals surface area contributed by atoms with Crippen LogP contribution in [0.2, 0.25) is 36.3 Å². The lowest BCUT2D eigenvalue weighted by Crippen LogP contribution is -2.49. The normalized spacial score (nSPS) is 15.0. The van der Waals surface area contributed by atoms with E-state index in [9.17, 15) is 17.2 Å². The van der Waals surface area contributed by atoms with E-state index in [1.807, 2.05) is 6.92 Å². The summed E-state index contributed by atoms with van der Waals surface area (Å²) in [5.74, 6) is -3.07. The molecule has 1 atom stereocenters. The average Bonchev–Trinajstić information content (AvgIpc) is 2.85. The quantitative estimate of drug-likeness (QED) is 0.138. The molecule has 0 amide bonds. The first-order chi connectivity index (χ1) is 18.5. The van der Waals surface area contributed by atoms with Crippen LogP contribution in [0.15, 0.2) is 29.2 Å². The van der Waals surface area contributed by atoms with E-state index in [4.69, 9.17) is 14.6 Å². The van der Waals surface area contributed by atoms with Crippen molar-refractivity contribution in [2.24, 2.45) is 5.73 Å². The molecule has 11 heteroatoms.